The summed E-state index contributed by atoms with van der Waals surface area (Å²) in [5, 5.41) is 16.3. The van der Waals surface area contributed by atoms with Crippen molar-refractivity contribution in [2.75, 3.05) is 13.7 Å². The molecule has 2 aliphatic heterocycles. The first-order chi connectivity index (χ1) is 16.9. The van der Waals surface area contributed by atoms with Gasteiger partial charge in [-0.05, 0) is 54.6 Å². The first-order valence-electron chi connectivity index (χ1n) is 11.7. The summed E-state index contributed by atoms with van der Waals surface area (Å²) in [6.45, 7) is 3.14. The number of hydrogen-bond donors (Lipinski definition) is 0. The Kier molecular flexibility index (Phi) is 4.87. The number of methoxy groups -OCH3 is 1. The Hall–Kier alpha value is -3.83. The molecule has 2 aliphatic rings. The number of benzene rings is 1. The Morgan fingerprint density at radius 3 is 2.69 bits per heavy atom. The normalized spacial score (nSPS) is 18.4. The zero-order chi connectivity index (χ0) is 24.3. The number of fused-ring (bicyclic) bond motifs is 3. The van der Waals surface area contributed by atoms with Crippen LogP contribution >= 0.6 is 11.3 Å². The first-order valence-corrected chi connectivity index (χ1v) is 12.5. The standard InChI is InChI=1S/C27H25N5O2S/c1-27(16-28)8-11-32(27)26(33)22-15-20(24-5-4-12-35-24)25-18-14-19(21-7-9-30(2)29-21)23(34-3)13-17(18)6-10-31(22)25/h4-5,7,9,12-15H,6,8,10-11H2,1-3H3/t27-/m1/s1. The fourth-order valence-corrected chi connectivity index (χ4v) is 5.96. The van der Waals surface area contributed by atoms with Crippen molar-refractivity contribution < 1.29 is 9.53 Å². The van der Waals surface area contributed by atoms with E-state index in [1.54, 1.807) is 28.0 Å². The third-order valence-corrected chi connectivity index (χ3v) is 8.18. The predicted molar refractivity (Wildman–Crippen MR) is 135 cm³/mol. The van der Waals surface area contributed by atoms with Gasteiger partial charge in [0.2, 0.25) is 0 Å². The summed E-state index contributed by atoms with van der Waals surface area (Å²) in [5.41, 5.74) is 6.03. The molecule has 1 amide bonds. The van der Waals surface area contributed by atoms with Crippen molar-refractivity contribution >= 4 is 17.2 Å². The lowest BCUT2D eigenvalue weighted by Gasteiger charge is -2.45. The Balaban J connectivity index is 1.56. The van der Waals surface area contributed by atoms with E-state index in [0.717, 1.165) is 45.1 Å². The van der Waals surface area contributed by atoms with Crippen molar-refractivity contribution in [2.24, 2.45) is 7.05 Å². The van der Waals surface area contributed by atoms with Gasteiger partial charge < -0.3 is 14.2 Å². The lowest BCUT2D eigenvalue weighted by atomic mass is 9.88. The number of likely N-dealkylation sites (tertiary alicyclic amines) is 1. The zero-order valence-electron chi connectivity index (χ0n) is 19.9. The molecule has 0 saturated carbocycles. The number of thiophene rings is 1. The number of amides is 1. The average molecular weight is 484 g/mol. The van der Waals surface area contributed by atoms with E-state index in [4.69, 9.17) is 4.74 Å². The SMILES string of the molecule is COc1cc2c(cc1-c1ccn(C)n1)-c1c(-c3cccs3)cc(C(=O)N3CC[C@]3(C)C#N)n1CC2. The maximum atomic E-state index is 13.7. The number of nitriles is 1. The summed E-state index contributed by atoms with van der Waals surface area (Å²) in [6, 6.07) is 14.7. The monoisotopic (exact) mass is 483 g/mol. The van der Waals surface area contributed by atoms with E-state index in [2.05, 4.69) is 39.3 Å². The molecule has 8 heteroatoms. The fourth-order valence-electron chi connectivity index (χ4n) is 5.22. The molecule has 0 spiro atoms. The molecule has 3 aromatic heterocycles. The third kappa shape index (κ3) is 3.22. The molecule has 1 aromatic carbocycles. The predicted octanol–water partition coefficient (Wildman–Crippen LogP) is 4.98. The van der Waals surface area contributed by atoms with Crippen LogP contribution in [0.25, 0.3) is 33.0 Å². The number of nitrogens with zero attached hydrogens (tertiary/aromatic N) is 5. The van der Waals surface area contributed by atoms with Crippen LogP contribution in [-0.2, 0) is 20.0 Å². The average Bonchev–Trinajstić information content (AvgIpc) is 3.61. The molecule has 0 bridgehead atoms. The molecule has 0 radical (unpaired) electrons. The molecular weight excluding hydrogens is 458 g/mol. The van der Waals surface area contributed by atoms with Crippen molar-refractivity contribution in [3.05, 3.63) is 59.2 Å². The van der Waals surface area contributed by atoms with E-state index >= 15 is 0 Å². The molecule has 5 heterocycles. The van der Waals surface area contributed by atoms with Crippen LogP contribution in [0.4, 0.5) is 0 Å². The minimum Gasteiger partial charge on any atom is -0.496 e. The number of hydrogen-bond acceptors (Lipinski definition) is 5. The Morgan fingerprint density at radius 1 is 1.20 bits per heavy atom. The van der Waals surface area contributed by atoms with Crippen LogP contribution in [0.5, 0.6) is 5.75 Å². The van der Waals surface area contributed by atoms with E-state index < -0.39 is 5.54 Å². The quantitative estimate of drug-likeness (QED) is 0.410. The summed E-state index contributed by atoms with van der Waals surface area (Å²) in [7, 11) is 3.59. The molecule has 1 fully saturated rings. The van der Waals surface area contributed by atoms with Crippen LogP contribution in [0.1, 0.15) is 29.4 Å². The highest BCUT2D eigenvalue weighted by Gasteiger charge is 2.45. The number of ether oxygens (including phenoxy) is 1. The van der Waals surface area contributed by atoms with Crippen molar-refractivity contribution in [2.45, 2.75) is 31.8 Å². The highest BCUT2D eigenvalue weighted by molar-refractivity contribution is 7.13. The summed E-state index contributed by atoms with van der Waals surface area (Å²) in [5.74, 6) is 0.716. The maximum Gasteiger partial charge on any atom is 0.271 e. The second kappa shape index (κ2) is 7.85. The van der Waals surface area contributed by atoms with Gasteiger partial charge in [-0.3, -0.25) is 9.48 Å². The number of carbonyl (C=O) groups excluding carboxylic acids is 1. The molecule has 35 heavy (non-hydrogen) atoms. The molecule has 0 N–H and O–H groups in total. The van der Waals surface area contributed by atoms with Gasteiger partial charge >= 0.3 is 0 Å². The summed E-state index contributed by atoms with van der Waals surface area (Å²) in [4.78, 5) is 16.5. The summed E-state index contributed by atoms with van der Waals surface area (Å²) < 4.78 is 9.68. The molecule has 0 unspecified atom stereocenters. The van der Waals surface area contributed by atoms with Crippen LogP contribution in [-0.4, -0.2) is 44.3 Å². The van der Waals surface area contributed by atoms with Gasteiger partial charge in [0, 0.05) is 54.3 Å². The van der Waals surface area contributed by atoms with Crippen molar-refractivity contribution in [3.8, 4) is 44.8 Å². The molecule has 4 aromatic rings. The third-order valence-electron chi connectivity index (χ3n) is 7.28. The highest BCUT2D eigenvalue weighted by atomic mass is 32.1. The van der Waals surface area contributed by atoms with Gasteiger partial charge in [-0.1, -0.05) is 6.07 Å². The number of rotatable bonds is 4. The van der Waals surface area contributed by atoms with Crippen LogP contribution in [0.2, 0.25) is 0 Å². The lowest BCUT2D eigenvalue weighted by Crippen LogP contribution is -2.59. The smallest absolute Gasteiger partial charge is 0.271 e. The van der Waals surface area contributed by atoms with E-state index in [1.807, 2.05) is 38.4 Å². The highest BCUT2D eigenvalue weighted by Crippen LogP contribution is 2.45. The van der Waals surface area contributed by atoms with Gasteiger partial charge in [-0.25, -0.2) is 0 Å². The fraction of sp³-hybridized carbons (Fsp3) is 0.296. The van der Waals surface area contributed by atoms with Crippen LogP contribution < -0.4 is 4.74 Å². The van der Waals surface area contributed by atoms with Crippen molar-refractivity contribution in [1.82, 2.24) is 19.2 Å². The molecule has 6 rings (SSSR count). The maximum absolute atomic E-state index is 13.7. The van der Waals surface area contributed by atoms with Gasteiger partial charge in [0.1, 0.15) is 17.0 Å². The van der Waals surface area contributed by atoms with Gasteiger partial charge in [-0.15, -0.1) is 11.3 Å². The largest absolute Gasteiger partial charge is 0.496 e. The Labute approximate surface area is 207 Å². The topological polar surface area (TPSA) is 76.1 Å². The van der Waals surface area contributed by atoms with Crippen molar-refractivity contribution in [3.63, 3.8) is 0 Å². The Bertz CT molecular complexity index is 1510. The molecular formula is C27H25N5O2S. The second-order valence-corrected chi connectivity index (χ2v) is 10.3. The van der Waals surface area contributed by atoms with Gasteiger partial charge in [0.05, 0.1) is 24.6 Å². The molecule has 1 saturated heterocycles. The van der Waals surface area contributed by atoms with E-state index in [-0.39, 0.29) is 5.91 Å². The van der Waals surface area contributed by atoms with Gasteiger partial charge in [-0.2, -0.15) is 10.4 Å². The summed E-state index contributed by atoms with van der Waals surface area (Å²) >= 11 is 1.66. The van der Waals surface area contributed by atoms with Gasteiger partial charge in [0.25, 0.3) is 5.91 Å². The van der Waals surface area contributed by atoms with Gasteiger partial charge in [0.15, 0.2) is 0 Å². The molecule has 7 nitrogen and oxygen atoms in total. The van der Waals surface area contributed by atoms with E-state index in [0.29, 0.717) is 25.2 Å². The number of carbonyl (C=O) groups is 1. The first kappa shape index (κ1) is 21.7. The zero-order valence-corrected chi connectivity index (χ0v) is 20.7. The van der Waals surface area contributed by atoms with E-state index in [1.165, 1.54) is 5.56 Å². The van der Waals surface area contributed by atoms with E-state index in [9.17, 15) is 10.1 Å². The number of aryl methyl sites for hydroxylation is 2. The van der Waals surface area contributed by atoms with Crippen molar-refractivity contribution in [1.29, 1.82) is 5.26 Å². The number of aromatic nitrogens is 3. The summed E-state index contributed by atoms with van der Waals surface area (Å²) in [6.07, 6.45) is 3.41. The van der Waals surface area contributed by atoms with Crippen LogP contribution in [0.3, 0.4) is 0 Å². The lowest BCUT2D eigenvalue weighted by molar-refractivity contribution is 0.0294. The minimum absolute atomic E-state index is 0.0775. The second-order valence-electron chi connectivity index (χ2n) is 9.35. The molecule has 176 valence electrons. The molecule has 1 atom stereocenters. The van der Waals surface area contributed by atoms with Crippen LogP contribution in [0, 0.1) is 11.3 Å². The minimum atomic E-state index is -0.739. The molecule has 0 aliphatic carbocycles. The Morgan fingerprint density at radius 2 is 2.06 bits per heavy atom. The van der Waals surface area contributed by atoms with Crippen LogP contribution in [0.15, 0.2) is 48.0 Å².